The van der Waals surface area contributed by atoms with Gasteiger partial charge >= 0.3 is 0 Å². The average molecular weight is 431 g/mol. The molecule has 1 amide bonds. The van der Waals surface area contributed by atoms with Crippen LogP contribution in [0.15, 0.2) is 24.3 Å². The predicted molar refractivity (Wildman–Crippen MR) is 114 cm³/mol. The van der Waals surface area contributed by atoms with Crippen LogP contribution < -0.4 is 11.1 Å². The molecule has 3 rings (SSSR count). The van der Waals surface area contributed by atoms with Crippen LogP contribution in [0.5, 0.6) is 0 Å². The van der Waals surface area contributed by atoms with Crippen molar-refractivity contribution in [1.82, 2.24) is 5.32 Å². The molecule has 0 spiro atoms. The molecule has 1 aromatic carbocycles. The van der Waals surface area contributed by atoms with E-state index in [2.05, 4.69) is 17.4 Å². The Hall–Kier alpha value is -0.850. The smallest absolute Gasteiger partial charge is 0.240 e. The van der Waals surface area contributed by atoms with Crippen molar-refractivity contribution in [1.29, 1.82) is 0 Å². The zero-order valence-corrected chi connectivity index (χ0v) is 18.5. The Bertz CT molecular complexity index is 675. The molecule has 2 atom stereocenters. The standard InChI is InChI=1S/C21H31ClN2O3.ClH/c1-4-27-17-13-21(23,19(17,2)3)18(25)24-14-20(9-11-26-12-10-20)15-5-7-16(22)8-6-15;/h5-8,17H,4,9-14,23H2,1-3H3,(H,24,25);1H. The van der Waals surface area contributed by atoms with Crippen LogP contribution in [0.3, 0.4) is 0 Å². The lowest BCUT2D eigenvalue weighted by Crippen LogP contribution is -2.76. The van der Waals surface area contributed by atoms with Gasteiger partial charge in [0, 0.05) is 48.6 Å². The van der Waals surface area contributed by atoms with Gasteiger partial charge in [-0.2, -0.15) is 0 Å². The van der Waals surface area contributed by atoms with Crippen molar-refractivity contribution >= 4 is 29.9 Å². The molecule has 28 heavy (non-hydrogen) atoms. The highest BCUT2D eigenvalue weighted by Crippen LogP contribution is 2.50. The summed E-state index contributed by atoms with van der Waals surface area (Å²) in [5.41, 5.74) is 6.26. The van der Waals surface area contributed by atoms with E-state index in [1.807, 2.05) is 32.9 Å². The van der Waals surface area contributed by atoms with Crippen molar-refractivity contribution in [2.24, 2.45) is 11.1 Å². The first kappa shape index (κ1) is 23.4. The third-order valence-corrected chi connectivity index (χ3v) is 6.98. The number of hydrogen-bond donors (Lipinski definition) is 2. The van der Waals surface area contributed by atoms with E-state index in [0.29, 0.717) is 37.8 Å². The fourth-order valence-electron chi connectivity index (χ4n) is 4.36. The number of benzene rings is 1. The molecule has 1 heterocycles. The van der Waals surface area contributed by atoms with E-state index in [1.54, 1.807) is 0 Å². The van der Waals surface area contributed by atoms with Crippen LogP contribution in [0.1, 0.15) is 45.6 Å². The molecule has 158 valence electrons. The third kappa shape index (κ3) is 4.05. The molecule has 3 N–H and O–H groups in total. The largest absolute Gasteiger partial charge is 0.381 e. The van der Waals surface area contributed by atoms with Crippen LogP contribution in [0.4, 0.5) is 0 Å². The molecule has 1 saturated carbocycles. The lowest BCUT2D eigenvalue weighted by atomic mass is 9.54. The van der Waals surface area contributed by atoms with Crippen molar-refractivity contribution in [3.63, 3.8) is 0 Å². The van der Waals surface area contributed by atoms with Gasteiger partial charge in [0.15, 0.2) is 0 Å². The number of nitrogens with two attached hydrogens (primary N) is 1. The molecule has 0 bridgehead atoms. The normalized spacial score (nSPS) is 28.0. The van der Waals surface area contributed by atoms with Crippen LogP contribution in [0.2, 0.25) is 5.02 Å². The molecule has 0 aromatic heterocycles. The van der Waals surface area contributed by atoms with Gasteiger partial charge in [-0.15, -0.1) is 12.4 Å². The molecule has 1 aliphatic heterocycles. The zero-order chi connectivity index (χ0) is 19.7. The Morgan fingerprint density at radius 1 is 1.29 bits per heavy atom. The van der Waals surface area contributed by atoms with E-state index in [9.17, 15) is 4.79 Å². The Morgan fingerprint density at radius 2 is 1.89 bits per heavy atom. The second-order valence-electron chi connectivity index (χ2n) is 8.42. The zero-order valence-electron chi connectivity index (χ0n) is 16.9. The summed E-state index contributed by atoms with van der Waals surface area (Å²) < 4.78 is 11.3. The molecular weight excluding hydrogens is 399 g/mol. The summed E-state index contributed by atoms with van der Waals surface area (Å²) in [7, 11) is 0. The van der Waals surface area contributed by atoms with Gasteiger partial charge in [0.1, 0.15) is 5.54 Å². The minimum absolute atomic E-state index is 0. The van der Waals surface area contributed by atoms with Crippen molar-refractivity contribution in [2.45, 2.75) is 57.1 Å². The highest BCUT2D eigenvalue weighted by molar-refractivity contribution is 6.30. The summed E-state index contributed by atoms with van der Waals surface area (Å²) in [6.45, 7) is 8.54. The first-order chi connectivity index (χ1) is 12.7. The number of amides is 1. The van der Waals surface area contributed by atoms with Gasteiger partial charge in [0.2, 0.25) is 5.91 Å². The average Bonchev–Trinajstić information content (AvgIpc) is 2.67. The van der Waals surface area contributed by atoms with E-state index in [-0.39, 0.29) is 29.8 Å². The number of rotatable bonds is 6. The van der Waals surface area contributed by atoms with E-state index in [1.165, 1.54) is 5.56 Å². The van der Waals surface area contributed by atoms with Gasteiger partial charge in [0.25, 0.3) is 0 Å². The van der Waals surface area contributed by atoms with Crippen molar-refractivity contribution in [3.05, 3.63) is 34.9 Å². The van der Waals surface area contributed by atoms with E-state index in [4.69, 9.17) is 26.8 Å². The fourth-order valence-corrected chi connectivity index (χ4v) is 4.49. The molecule has 1 saturated heterocycles. The van der Waals surface area contributed by atoms with Crippen molar-refractivity contribution in [2.75, 3.05) is 26.4 Å². The molecule has 7 heteroatoms. The van der Waals surface area contributed by atoms with Gasteiger partial charge in [0.05, 0.1) is 6.10 Å². The highest BCUT2D eigenvalue weighted by atomic mass is 35.5. The minimum Gasteiger partial charge on any atom is -0.381 e. The van der Waals surface area contributed by atoms with Crippen molar-refractivity contribution in [3.8, 4) is 0 Å². The molecule has 2 unspecified atom stereocenters. The number of carbonyl (C=O) groups is 1. The lowest BCUT2D eigenvalue weighted by Gasteiger charge is -2.57. The Morgan fingerprint density at radius 3 is 2.43 bits per heavy atom. The van der Waals surface area contributed by atoms with Crippen molar-refractivity contribution < 1.29 is 14.3 Å². The fraction of sp³-hybridized carbons (Fsp3) is 0.667. The van der Waals surface area contributed by atoms with Gasteiger partial charge < -0.3 is 20.5 Å². The monoisotopic (exact) mass is 430 g/mol. The maximum atomic E-state index is 13.0. The van der Waals surface area contributed by atoms with Crippen LogP contribution >= 0.6 is 24.0 Å². The second-order valence-corrected chi connectivity index (χ2v) is 8.86. The predicted octanol–water partition coefficient (Wildman–Crippen LogP) is 3.46. The van der Waals surface area contributed by atoms with Gasteiger partial charge in [-0.05, 0) is 37.5 Å². The summed E-state index contributed by atoms with van der Waals surface area (Å²) in [6, 6.07) is 7.91. The van der Waals surface area contributed by atoms with Crippen LogP contribution in [0.25, 0.3) is 0 Å². The number of nitrogens with one attached hydrogen (secondary N) is 1. The maximum Gasteiger partial charge on any atom is 0.240 e. The lowest BCUT2D eigenvalue weighted by molar-refractivity contribution is -0.171. The highest BCUT2D eigenvalue weighted by Gasteiger charge is 2.63. The van der Waals surface area contributed by atoms with Gasteiger partial charge in [-0.1, -0.05) is 37.6 Å². The Kier molecular flexibility index (Phi) is 7.43. The number of ether oxygens (including phenoxy) is 2. The summed E-state index contributed by atoms with van der Waals surface area (Å²) in [6.07, 6.45) is 2.29. The first-order valence-corrected chi connectivity index (χ1v) is 10.2. The molecular formula is C21H32Cl2N2O3. The molecule has 1 aromatic rings. The van der Waals surface area contributed by atoms with Gasteiger partial charge in [-0.3, -0.25) is 4.79 Å². The molecule has 0 radical (unpaired) electrons. The SMILES string of the molecule is CCOC1CC(N)(C(=O)NCC2(c3ccc(Cl)cc3)CCOCC2)C1(C)C.Cl. The number of halogens is 2. The summed E-state index contributed by atoms with van der Waals surface area (Å²) >= 11 is 6.06. The molecule has 5 nitrogen and oxygen atoms in total. The van der Waals surface area contributed by atoms with Gasteiger partial charge in [-0.25, -0.2) is 0 Å². The Balaban J connectivity index is 0.00000280. The number of carbonyl (C=O) groups excluding carboxylic acids is 1. The van der Waals surface area contributed by atoms with Crippen LogP contribution in [-0.4, -0.2) is 43.9 Å². The quantitative estimate of drug-likeness (QED) is 0.724. The summed E-state index contributed by atoms with van der Waals surface area (Å²) in [5.74, 6) is -0.0942. The van der Waals surface area contributed by atoms with Crippen LogP contribution in [0, 0.1) is 5.41 Å². The maximum absolute atomic E-state index is 13.0. The topological polar surface area (TPSA) is 73.6 Å². The summed E-state index contributed by atoms with van der Waals surface area (Å²) in [5, 5.41) is 3.87. The molecule has 2 aliphatic rings. The van der Waals surface area contributed by atoms with E-state index < -0.39 is 11.0 Å². The Labute approximate surface area is 179 Å². The van der Waals surface area contributed by atoms with E-state index >= 15 is 0 Å². The number of hydrogen-bond acceptors (Lipinski definition) is 4. The third-order valence-electron chi connectivity index (χ3n) is 6.73. The second kappa shape index (κ2) is 8.88. The van der Waals surface area contributed by atoms with E-state index in [0.717, 1.165) is 12.8 Å². The minimum atomic E-state index is -0.904. The molecule has 1 aliphatic carbocycles. The first-order valence-electron chi connectivity index (χ1n) is 9.78. The summed E-state index contributed by atoms with van der Waals surface area (Å²) in [4.78, 5) is 13.0. The molecule has 2 fully saturated rings. The van der Waals surface area contributed by atoms with Crippen LogP contribution in [-0.2, 0) is 19.7 Å².